The second kappa shape index (κ2) is 10.5. The van der Waals surface area contributed by atoms with Gasteiger partial charge in [-0.15, -0.1) is 24.0 Å². The van der Waals surface area contributed by atoms with Gasteiger partial charge in [0.05, 0.1) is 18.1 Å². The van der Waals surface area contributed by atoms with Gasteiger partial charge in [-0.3, -0.25) is 0 Å². The van der Waals surface area contributed by atoms with Crippen molar-refractivity contribution in [3.8, 4) is 11.5 Å². The lowest BCUT2D eigenvalue weighted by molar-refractivity contribution is 0.461. The highest BCUT2D eigenvalue weighted by atomic mass is 127. The van der Waals surface area contributed by atoms with Gasteiger partial charge in [-0.1, -0.05) is 29.8 Å². The van der Waals surface area contributed by atoms with Crippen LogP contribution in [0.5, 0.6) is 0 Å². The summed E-state index contributed by atoms with van der Waals surface area (Å²) in [5.74, 6) is 1.41. The van der Waals surface area contributed by atoms with Gasteiger partial charge in [0.1, 0.15) is 12.0 Å². The SMILES string of the molecule is CCNC(=NCc1coc(-c2ccccc2)n1)N(C)Cc1cc(Cl)cn1C.I. The first-order valence-corrected chi connectivity index (χ1v) is 9.24. The minimum Gasteiger partial charge on any atom is -0.444 e. The van der Waals surface area contributed by atoms with Crippen molar-refractivity contribution in [2.75, 3.05) is 13.6 Å². The molecule has 6 nitrogen and oxygen atoms in total. The first-order valence-electron chi connectivity index (χ1n) is 8.87. The van der Waals surface area contributed by atoms with E-state index in [0.717, 1.165) is 34.5 Å². The summed E-state index contributed by atoms with van der Waals surface area (Å²) in [7, 11) is 3.99. The molecule has 0 saturated heterocycles. The van der Waals surface area contributed by atoms with Crippen molar-refractivity contribution < 1.29 is 4.42 Å². The van der Waals surface area contributed by atoms with Crippen LogP contribution in [0.15, 0.2) is 58.3 Å². The van der Waals surface area contributed by atoms with E-state index in [4.69, 9.17) is 16.0 Å². The number of aromatic nitrogens is 2. The number of aliphatic imine (C=N–C) groups is 1. The first-order chi connectivity index (χ1) is 13.1. The Morgan fingerprint density at radius 1 is 1.32 bits per heavy atom. The Balaban J connectivity index is 0.00000280. The summed E-state index contributed by atoms with van der Waals surface area (Å²) in [6, 6.07) is 11.8. The summed E-state index contributed by atoms with van der Waals surface area (Å²) in [6.07, 6.45) is 3.56. The minimum absolute atomic E-state index is 0. The maximum Gasteiger partial charge on any atom is 0.226 e. The molecule has 0 aliphatic heterocycles. The van der Waals surface area contributed by atoms with Crippen molar-refractivity contribution in [1.29, 1.82) is 0 Å². The van der Waals surface area contributed by atoms with E-state index < -0.39 is 0 Å². The smallest absolute Gasteiger partial charge is 0.226 e. The molecule has 0 aliphatic carbocycles. The molecule has 8 heteroatoms. The van der Waals surface area contributed by atoms with Gasteiger partial charge in [-0.25, -0.2) is 9.98 Å². The third-order valence-electron chi connectivity index (χ3n) is 4.13. The average molecular weight is 514 g/mol. The largest absolute Gasteiger partial charge is 0.444 e. The zero-order valence-electron chi connectivity index (χ0n) is 16.2. The molecule has 1 N–H and O–H groups in total. The molecular formula is C20H25ClIN5O. The molecule has 150 valence electrons. The fraction of sp³-hybridized carbons (Fsp3) is 0.300. The minimum atomic E-state index is 0. The normalized spacial score (nSPS) is 11.2. The van der Waals surface area contributed by atoms with Crippen LogP contribution >= 0.6 is 35.6 Å². The van der Waals surface area contributed by atoms with Gasteiger partial charge < -0.3 is 19.2 Å². The van der Waals surface area contributed by atoms with Gasteiger partial charge >= 0.3 is 0 Å². The van der Waals surface area contributed by atoms with Crippen LogP contribution in [0.2, 0.25) is 5.02 Å². The van der Waals surface area contributed by atoms with Crippen molar-refractivity contribution in [2.45, 2.75) is 20.0 Å². The third-order valence-corrected chi connectivity index (χ3v) is 4.34. The van der Waals surface area contributed by atoms with E-state index in [0.29, 0.717) is 19.0 Å². The highest BCUT2D eigenvalue weighted by Crippen LogP contribution is 2.18. The van der Waals surface area contributed by atoms with Crippen LogP contribution in [-0.2, 0) is 20.1 Å². The Morgan fingerprint density at radius 3 is 2.71 bits per heavy atom. The highest BCUT2D eigenvalue weighted by Gasteiger charge is 2.11. The van der Waals surface area contributed by atoms with Crippen LogP contribution in [0.4, 0.5) is 0 Å². The molecule has 0 unspecified atom stereocenters. The summed E-state index contributed by atoms with van der Waals surface area (Å²) in [6.45, 7) is 3.97. The van der Waals surface area contributed by atoms with Gasteiger partial charge in [-0.05, 0) is 25.1 Å². The second-order valence-corrected chi connectivity index (χ2v) is 6.73. The van der Waals surface area contributed by atoms with Crippen LogP contribution in [0.25, 0.3) is 11.5 Å². The van der Waals surface area contributed by atoms with Gasteiger partial charge in [-0.2, -0.15) is 0 Å². The predicted molar refractivity (Wildman–Crippen MR) is 124 cm³/mol. The number of nitrogens with one attached hydrogen (secondary N) is 1. The Hall–Kier alpha value is -2.00. The molecule has 1 aromatic carbocycles. The van der Waals surface area contributed by atoms with E-state index >= 15 is 0 Å². The van der Waals surface area contributed by atoms with Gasteiger partial charge in [0.15, 0.2) is 5.96 Å². The standard InChI is InChI=1S/C20H24ClN5O.HI/c1-4-22-20(26(3)13-18-10-16(21)12-25(18)2)23-11-17-14-27-19(24-17)15-8-6-5-7-9-15;/h5-10,12,14H,4,11,13H2,1-3H3,(H,22,23);1H. The number of guanidine groups is 1. The molecule has 2 aromatic heterocycles. The molecule has 3 aromatic rings. The molecule has 0 atom stereocenters. The monoisotopic (exact) mass is 513 g/mol. The fourth-order valence-electron chi connectivity index (χ4n) is 2.76. The third kappa shape index (κ3) is 5.75. The molecule has 0 amide bonds. The lowest BCUT2D eigenvalue weighted by Gasteiger charge is -2.22. The van der Waals surface area contributed by atoms with Crippen LogP contribution < -0.4 is 5.32 Å². The Morgan fingerprint density at radius 2 is 2.07 bits per heavy atom. The summed E-state index contributed by atoms with van der Waals surface area (Å²) in [5.41, 5.74) is 2.86. The van der Waals surface area contributed by atoms with Crippen molar-refractivity contribution in [1.82, 2.24) is 19.8 Å². The molecular weight excluding hydrogens is 489 g/mol. The van der Waals surface area contributed by atoms with Crippen LogP contribution in [0, 0.1) is 0 Å². The number of nitrogens with zero attached hydrogens (tertiary/aromatic N) is 4. The van der Waals surface area contributed by atoms with E-state index in [1.807, 2.05) is 68.2 Å². The van der Waals surface area contributed by atoms with E-state index in [1.54, 1.807) is 6.26 Å². The van der Waals surface area contributed by atoms with Gasteiger partial charge in [0.25, 0.3) is 0 Å². The number of aryl methyl sites for hydroxylation is 1. The van der Waals surface area contributed by atoms with Crippen molar-refractivity contribution >= 4 is 41.5 Å². The zero-order chi connectivity index (χ0) is 19.2. The van der Waals surface area contributed by atoms with E-state index in [-0.39, 0.29) is 24.0 Å². The number of benzene rings is 1. The molecule has 0 bridgehead atoms. The van der Waals surface area contributed by atoms with Crippen LogP contribution in [0.1, 0.15) is 18.3 Å². The Bertz CT molecular complexity index is 906. The molecule has 0 aliphatic rings. The fourth-order valence-corrected chi connectivity index (χ4v) is 3.03. The quantitative estimate of drug-likeness (QED) is 0.298. The van der Waals surface area contributed by atoms with Crippen LogP contribution in [0.3, 0.4) is 0 Å². The van der Waals surface area contributed by atoms with Gasteiger partial charge in [0, 0.05) is 38.1 Å². The first kappa shape index (κ1) is 22.3. The number of hydrogen-bond donors (Lipinski definition) is 1. The maximum atomic E-state index is 6.08. The topological polar surface area (TPSA) is 58.6 Å². The molecule has 2 heterocycles. The van der Waals surface area contributed by atoms with Crippen molar-refractivity contribution in [2.24, 2.45) is 12.0 Å². The molecule has 0 fully saturated rings. The summed E-state index contributed by atoms with van der Waals surface area (Å²) >= 11 is 6.08. The molecule has 3 rings (SSSR count). The van der Waals surface area contributed by atoms with Crippen molar-refractivity contribution in [3.63, 3.8) is 0 Å². The number of halogens is 2. The zero-order valence-corrected chi connectivity index (χ0v) is 19.3. The highest BCUT2D eigenvalue weighted by molar-refractivity contribution is 14.0. The number of oxazole rings is 1. The Labute approximate surface area is 187 Å². The average Bonchev–Trinajstić information content (AvgIpc) is 3.25. The maximum absolute atomic E-state index is 6.08. The summed E-state index contributed by atoms with van der Waals surface area (Å²) in [4.78, 5) is 11.3. The van der Waals surface area contributed by atoms with Crippen molar-refractivity contribution in [3.05, 3.63) is 65.3 Å². The van der Waals surface area contributed by atoms with E-state index in [2.05, 4.69) is 20.2 Å². The number of rotatable bonds is 6. The lowest BCUT2D eigenvalue weighted by atomic mass is 10.2. The van der Waals surface area contributed by atoms with Crippen LogP contribution in [-0.4, -0.2) is 34.0 Å². The van der Waals surface area contributed by atoms with E-state index in [1.165, 1.54) is 0 Å². The lowest BCUT2D eigenvalue weighted by Crippen LogP contribution is -2.38. The summed E-state index contributed by atoms with van der Waals surface area (Å²) in [5, 5.41) is 4.05. The van der Waals surface area contributed by atoms with Gasteiger partial charge in [0.2, 0.25) is 5.89 Å². The molecule has 0 spiro atoms. The molecule has 0 radical (unpaired) electrons. The molecule has 28 heavy (non-hydrogen) atoms. The number of hydrogen-bond acceptors (Lipinski definition) is 3. The predicted octanol–water partition coefficient (Wildman–Crippen LogP) is 4.55. The second-order valence-electron chi connectivity index (χ2n) is 6.30. The molecule has 0 saturated carbocycles. The summed E-state index contributed by atoms with van der Waals surface area (Å²) < 4.78 is 7.61. The van der Waals surface area contributed by atoms with E-state index in [9.17, 15) is 0 Å². The Kier molecular flexibility index (Phi) is 8.37.